The van der Waals surface area contributed by atoms with E-state index >= 15 is 0 Å². The lowest BCUT2D eigenvalue weighted by Gasteiger charge is -2.28. The third-order valence-electron chi connectivity index (χ3n) is 4.01. The van der Waals surface area contributed by atoms with Crippen LogP contribution in [0, 0.1) is 0 Å². The molecule has 11 heteroatoms. The molecule has 0 bridgehead atoms. The number of hydrogen-bond donors (Lipinski definition) is 1. The number of nitrogens with zero attached hydrogens (tertiary/aromatic N) is 4. The number of anilines is 2. The van der Waals surface area contributed by atoms with Gasteiger partial charge in [-0.05, 0) is 42.7 Å². The van der Waals surface area contributed by atoms with E-state index in [1.165, 1.54) is 12.3 Å². The van der Waals surface area contributed by atoms with Crippen LogP contribution in [0.3, 0.4) is 0 Å². The molecule has 0 atom stereocenters. The number of sulfonamides is 1. The van der Waals surface area contributed by atoms with Gasteiger partial charge in [-0.1, -0.05) is 6.07 Å². The van der Waals surface area contributed by atoms with Crippen LogP contribution in [0.2, 0.25) is 0 Å². The molecule has 1 N–H and O–H groups in total. The number of alkyl halides is 3. The number of benzene rings is 1. The number of aryl methyl sites for hydroxylation is 1. The standard InChI is InChI=1S/C16H16F3N5O2S/c1-24-8-4-5-11-9-12(21-22-15-6-2-3-7-20-15)13(10-14(11)24)23-27(25,26)16(17,18)19/h2-3,6-7,9-10,23H,4-5,8H2,1H3. The lowest BCUT2D eigenvalue weighted by molar-refractivity contribution is -0.0429. The minimum absolute atomic E-state index is 0.0115. The van der Waals surface area contributed by atoms with Crippen molar-refractivity contribution in [2.24, 2.45) is 10.2 Å². The molecule has 1 aliphatic rings. The second-order valence-electron chi connectivity index (χ2n) is 5.96. The van der Waals surface area contributed by atoms with Gasteiger partial charge in [0.05, 0.1) is 5.69 Å². The van der Waals surface area contributed by atoms with Crippen LogP contribution in [0.15, 0.2) is 46.8 Å². The molecule has 144 valence electrons. The summed E-state index contributed by atoms with van der Waals surface area (Å²) in [7, 11) is -3.80. The van der Waals surface area contributed by atoms with Gasteiger partial charge in [-0.3, -0.25) is 4.72 Å². The van der Waals surface area contributed by atoms with E-state index in [1.807, 2.05) is 4.90 Å². The summed E-state index contributed by atoms with van der Waals surface area (Å²) >= 11 is 0. The summed E-state index contributed by atoms with van der Waals surface area (Å²) in [6.45, 7) is 0.716. The molecule has 0 saturated carbocycles. The lowest BCUT2D eigenvalue weighted by atomic mass is 10.0. The highest BCUT2D eigenvalue weighted by Crippen LogP contribution is 2.38. The van der Waals surface area contributed by atoms with Crippen molar-refractivity contribution < 1.29 is 21.6 Å². The van der Waals surface area contributed by atoms with Crippen molar-refractivity contribution in [1.82, 2.24) is 4.98 Å². The maximum Gasteiger partial charge on any atom is 0.516 e. The molecule has 7 nitrogen and oxygen atoms in total. The molecule has 0 aliphatic carbocycles. The number of pyridine rings is 1. The maximum absolute atomic E-state index is 12.8. The summed E-state index contributed by atoms with van der Waals surface area (Å²) in [4.78, 5) is 5.80. The monoisotopic (exact) mass is 399 g/mol. The molecule has 3 rings (SSSR count). The Bertz CT molecular complexity index is 962. The average Bonchev–Trinajstić information content (AvgIpc) is 2.60. The van der Waals surface area contributed by atoms with Crippen LogP contribution in [0.1, 0.15) is 12.0 Å². The molecule has 0 radical (unpaired) electrons. The first kappa shape index (κ1) is 19.1. The van der Waals surface area contributed by atoms with Crippen LogP contribution >= 0.6 is 0 Å². The van der Waals surface area contributed by atoms with Gasteiger partial charge in [0.25, 0.3) is 0 Å². The van der Waals surface area contributed by atoms with Gasteiger partial charge in [0.1, 0.15) is 5.69 Å². The Morgan fingerprint density at radius 3 is 2.67 bits per heavy atom. The van der Waals surface area contributed by atoms with Crippen molar-refractivity contribution in [3.05, 3.63) is 42.1 Å². The molecule has 0 spiro atoms. The first-order valence-corrected chi connectivity index (χ1v) is 9.45. The van der Waals surface area contributed by atoms with Gasteiger partial charge in [0.2, 0.25) is 0 Å². The van der Waals surface area contributed by atoms with E-state index < -0.39 is 15.5 Å². The summed E-state index contributed by atoms with van der Waals surface area (Å²) in [5, 5.41) is 7.81. The molecule has 2 heterocycles. The van der Waals surface area contributed by atoms with E-state index in [1.54, 1.807) is 36.0 Å². The number of nitrogens with one attached hydrogen (secondary N) is 1. The van der Waals surface area contributed by atoms with Crippen LogP contribution in [0.25, 0.3) is 0 Å². The predicted octanol–water partition coefficient (Wildman–Crippen LogP) is 4.14. The molecule has 0 amide bonds. The number of fused-ring (bicyclic) bond motifs is 1. The lowest BCUT2D eigenvalue weighted by Crippen LogP contribution is -2.30. The van der Waals surface area contributed by atoms with Gasteiger partial charge in [0, 0.05) is 25.5 Å². The highest BCUT2D eigenvalue weighted by Gasteiger charge is 2.46. The summed E-state index contributed by atoms with van der Waals surface area (Å²) in [6.07, 6.45) is 3.06. The Balaban J connectivity index is 2.06. The van der Waals surface area contributed by atoms with Crippen molar-refractivity contribution >= 4 is 32.9 Å². The molecular formula is C16H16F3N5O2S. The van der Waals surface area contributed by atoms with Crippen LogP contribution in [-0.4, -0.2) is 32.5 Å². The normalized spacial score (nSPS) is 15.0. The molecule has 1 aromatic heterocycles. The van der Waals surface area contributed by atoms with Crippen LogP contribution in [-0.2, 0) is 16.4 Å². The number of aromatic nitrogens is 1. The van der Waals surface area contributed by atoms with Crippen LogP contribution < -0.4 is 9.62 Å². The van der Waals surface area contributed by atoms with Crippen molar-refractivity contribution in [3.8, 4) is 0 Å². The molecule has 1 aliphatic heterocycles. The van der Waals surface area contributed by atoms with Gasteiger partial charge >= 0.3 is 15.5 Å². The predicted molar refractivity (Wildman–Crippen MR) is 95.0 cm³/mol. The highest BCUT2D eigenvalue weighted by atomic mass is 32.2. The van der Waals surface area contributed by atoms with Crippen LogP contribution in [0.4, 0.5) is 36.1 Å². The van der Waals surface area contributed by atoms with E-state index in [0.717, 1.165) is 12.0 Å². The first-order chi connectivity index (χ1) is 12.7. The zero-order chi connectivity index (χ0) is 19.7. The fourth-order valence-electron chi connectivity index (χ4n) is 2.69. The minimum atomic E-state index is -5.59. The molecule has 0 fully saturated rings. The minimum Gasteiger partial charge on any atom is -0.374 e. The summed E-state index contributed by atoms with van der Waals surface area (Å²) < 4.78 is 63.1. The van der Waals surface area contributed by atoms with Gasteiger partial charge < -0.3 is 4.90 Å². The number of hydrogen-bond acceptors (Lipinski definition) is 6. The number of rotatable bonds is 4. The fraction of sp³-hybridized carbons (Fsp3) is 0.312. The smallest absolute Gasteiger partial charge is 0.374 e. The van der Waals surface area contributed by atoms with E-state index in [2.05, 4.69) is 15.2 Å². The molecule has 0 unspecified atom stereocenters. The quantitative estimate of drug-likeness (QED) is 0.783. The van der Waals surface area contributed by atoms with Crippen LogP contribution in [0.5, 0.6) is 0 Å². The molecule has 0 saturated heterocycles. The number of halogens is 3. The van der Waals surface area contributed by atoms with E-state index in [9.17, 15) is 21.6 Å². The Morgan fingerprint density at radius 1 is 1.22 bits per heavy atom. The van der Waals surface area contributed by atoms with Crippen molar-refractivity contribution in [1.29, 1.82) is 0 Å². The van der Waals surface area contributed by atoms with E-state index in [-0.39, 0.29) is 17.2 Å². The number of azo groups is 1. The van der Waals surface area contributed by atoms with E-state index in [4.69, 9.17) is 0 Å². The zero-order valence-corrected chi connectivity index (χ0v) is 15.0. The molecule has 27 heavy (non-hydrogen) atoms. The zero-order valence-electron chi connectivity index (χ0n) is 14.2. The second kappa shape index (κ2) is 7.14. The Kier molecular flexibility index (Phi) is 5.05. The molecule has 2 aromatic rings. The van der Waals surface area contributed by atoms with Crippen molar-refractivity contribution in [2.45, 2.75) is 18.3 Å². The fourth-order valence-corrected chi connectivity index (χ4v) is 3.26. The summed E-state index contributed by atoms with van der Waals surface area (Å²) in [5.41, 5.74) is -4.24. The maximum atomic E-state index is 12.8. The average molecular weight is 399 g/mol. The molecule has 1 aromatic carbocycles. The van der Waals surface area contributed by atoms with E-state index in [0.29, 0.717) is 18.7 Å². The summed E-state index contributed by atoms with van der Waals surface area (Å²) in [6, 6.07) is 7.82. The van der Waals surface area contributed by atoms with Crippen molar-refractivity contribution in [3.63, 3.8) is 0 Å². The second-order valence-corrected chi connectivity index (χ2v) is 7.64. The molecular weight excluding hydrogens is 383 g/mol. The third-order valence-corrected chi connectivity index (χ3v) is 5.10. The van der Waals surface area contributed by atoms with Crippen molar-refractivity contribution in [2.75, 3.05) is 23.2 Å². The van der Waals surface area contributed by atoms with Gasteiger partial charge in [-0.25, -0.2) is 4.98 Å². The highest BCUT2D eigenvalue weighted by molar-refractivity contribution is 7.93. The van der Waals surface area contributed by atoms with Gasteiger partial charge in [-0.15, -0.1) is 10.2 Å². The first-order valence-electron chi connectivity index (χ1n) is 7.97. The Hall–Kier alpha value is -2.69. The Morgan fingerprint density at radius 2 is 2.00 bits per heavy atom. The summed E-state index contributed by atoms with van der Waals surface area (Å²) in [5.74, 6) is 0.247. The SMILES string of the molecule is CN1CCCc2cc(N=Nc3ccccn3)c(NS(=O)(=O)C(F)(F)F)cc21. The third kappa shape index (κ3) is 4.18. The largest absolute Gasteiger partial charge is 0.516 e. The topological polar surface area (TPSA) is 87.0 Å². The van der Waals surface area contributed by atoms with Gasteiger partial charge in [0.15, 0.2) is 5.82 Å². The van der Waals surface area contributed by atoms with Gasteiger partial charge in [-0.2, -0.15) is 21.6 Å². The Labute approximate surface area is 154 Å².